The minimum atomic E-state index is 0.595. The standard InChI is InChI=1S/C17H23N5O/c1-10-5-17(19-13(4)18-10)21-7-14-6-15(8-21)22(14)9-16-11(2)20-23-12(16)3/h5,14-15H,6-9H2,1-4H3. The third-order valence-corrected chi connectivity index (χ3v) is 5.14. The Morgan fingerprint density at radius 2 is 1.87 bits per heavy atom. The highest BCUT2D eigenvalue weighted by Crippen LogP contribution is 2.36. The number of rotatable bonds is 3. The lowest BCUT2D eigenvalue weighted by Crippen LogP contribution is -2.68. The lowest BCUT2D eigenvalue weighted by molar-refractivity contribution is -0.00913. The lowest BCUT2D eigenvalue weighted by atomic mass is 9.86. The summed E-state index contributed by atoms with van der Waals surface area (Å²) in [6.45, 7) is 11.1. The zero-order valence-corrected chi connectivity index (χ0v) is 14.2. The van der Waals surface area contributed by atoms with Gasteiger partial charge in [-0.1, -0.05) is 5.16 Å². The molecular weight excluding hydrogens is 290 g/mol. The second-order valence-corrected chi connectivity index (χ2v) is 6.84. The van der Waals surface area contributed by atoms with Crippen molar-refractivity contribution in [3.63, 3.8) is 0 Å². The number of hydrogen-bond donors (Lipinski definition) is 0. The third-order valence-electron chi connectivity index (χ3n) is 5.14. The summed E-state index contributed by atoms with van der Waals surface area (Å²) < 4.78 is 5.30. The van der Waals surface area contributed by atoms with Crippen LogP contribution >= 0.6 is 0 Å². The molecule has 0 aromatic carbocycles. The average Bonchev–Trinajstić information content (AvgIpc) is 2.83. The predicted octanol–water partition coefficient (Wildman–Crippen LogP) is 2.16. The topological polar surface area (TPSA) is 58.3 Å². The highest BCUT2D eigenvalue weighted by atomic mass is 16.5. The van der Waals surface area contributed by atoms with Gasteiger partial charge in [-0.25, -0.2) is 9.97 Å². The monoisotopic (exact) mass is 313 g/mol. The van der Waals surface area contributed by atoms with E-state index < -0.39 is 0 Å². The Morgan fingerprint density at radius 1 is 1.13 bits per heavy atom. The molecule has 3 saturated heterocycles. The molecule has 0 amide bonds. The van der Waals surface area contributed by atoms with Crippen molar-refractivity contribution >= 4 is 5.82 Å². The van der Waals surface area contributed by atoms with E-state index in [2.05, 4.69) is 31.0 Å². The average molecular weight is 313 g/mol. The first-order valence-electron chi connectivity index (χ1n) is 8.26. The molecule has 122 valence electrons. The SMILES string of the molecule is Cc1cc(N2CC3CC(C2)N3Cc2c(C)noc2C)nc(C)n1. The van der Waals surface area contributed by atoms with E-state index >= 15 is 0 Å². The lowest BCUT2D eigenvalue weighted by Gasteiger charge is -2.56. The van der Waals surface area contributed by atoms with Crippen LogP contribution in [-0.2, 0) is 6.54 Å². The van der Waals surface area contributed by atoms with Gasteiger partial charge in [-0.05, 0) is 34.1 Å². The molecule has 2 atom stereocenters. The van der Waals surface area contributed by atoms with Crippen molar-refractivity contribution < 1.29 is 4.52 Å². The summed E-state index contributed by atoms with van der Waals surface area (Å²) in [5, 5.41) is 4.07. The van der Waals surface area contributed by atoms with E-state index in [0.29, 0.717) is 12.1 Å². The molecule has 2 aromatic rings. The van der Waals surface area contributed by atoms with Crippen molar-refractivity contribution in [1.29, 1.82) is 0 Å². The quantitative estimate of drug-likeness (QED) is 0.865. The van der Waals surface area contributed by atoms with Crippen LogP contribution in [0.25, 0.3) is 0 Å². The molecule has 0 N–H and O–H groups in total. The van der Waals surface area contributed by atoms with Gasteiger partial charge in [-0.2, -0.15) is 0 Å². The number of nitrogens with zero attached hydrogens (tertiary/aromatic N) is 5. The normalized spacial score (nSPS) is 23.9. The van der Waals surface area contributed by atoms with Gasteiger partial charge >= 0.3 is 0 Å². The number of aromatic nitrogens is 3. The second kappa shape index (κ2) is 5.30. The molecule has 6 nitrogen and oxygen atoms in total. The van der Waals surface area contributed by atoms with E-state index in [9.17, 15) is 0 Å². The first kappa shape index (κ1) is 14.6. The Balaban J connectivity index is 1.48. The third kappa shape index (κ3) is 2.51. The fourth-order valence-electron chi connectivity index (χ4n) is 3.90. The number of piperidine rings is 1. The van der Waals surface area contributed by atoms with Crippen LogP contribution in [0.1, 0.15) is 35.0 Å². The van der Waals surface area contributed by atoms with Crippen molar-refractivity contribution in [3.8, 4) is 0 Å². The molecule has 6 heteroatoms. The van der Waals surface area contributed by atoms with E-state index in [-0.39, 0.29) is 0 Å². The molecule has 3 aliphatic heterocycles. The van der Waals surface area contributed by atoms with E-state index in [1.807, 2.05) is 27.7 Å². The van der Waals surface area contributed by atoms with Crippen molar-refractivity contribution in [1.82, 2.24) is 20.0 Å². The molecule has 0 radical (unpaired) electrons. The summed E-state index contributed by atoms with van der Waals surface area (Å²) in [5.41, 5.74) is 3.31. The molecule has 5 rings (SSSR count). The molecule has 5 heterocycles. The molecule has 3 aliphatic rings. The summed E-state index contributed by atoms with van der Waals surface area (Å²) in [6.07, 6.45) is 1.28. The number of fused-ring (bicyclic) bond motifs is 2. The Hall–Kier alpha value is -1.95. The number of aryl methyl sites for hydroxylation is 4. The summed E-state index contributed by atoms with van der Waals surface area (Å²) in [7, 11) is 0. The van der Waals surface area contributed by atoms with E-state index in [0.717, 1.165) is 48.4 Å². The van der Waals surface area contributed by atoms with Crippen LogP contribution in [0.2, 0.25) is 0 Å². The molecule has 2 aromatic heterocycles. The zero-order valence-electron chi connectivity index (χ0n) is 14.2. The Kier molecular flexibility index (Phi) is 3.37. The maximum atomic E-state index is 5.30. The van der Waals surface area contributed by atoms with Crippen LogP contribution in [0.4, 0.5) is 5.82 Å². The van der Waals surface area contributed by atoms with Gasteiger partial charge in [0.25, 0.3) is 0 Å². The molecule has 0 saturated carbocycles. The van der Waals surface area contributed by atoms with Crippen LogP contribution < -0.4 is 4.90 Å². The molecular formula is C17H23N5O. The summed E-state index contributed by atoms with van der Waals surface area (Å²) in [5.74, 6) is 2.87. The Bertz CT molecular complexity index is 689. The summed E-state index contributed by atoms with van der Waals surface area (Å²) in [4.78, 5) is 14.0. The van der Waals surface area contributed by atoms with Gasteiger partial charge in [0.1, 0.15) is 17.4 Å². The molecule has 2 unspecified atom stereocenters. The van der Waals surface area contributed by atoms with Gasteiger partial charge in [0, 0.05) is 49.0 Å². The van der Waals surface area contributed by atoms with E-state index in [4.69, 9.17) is 4.52 Å². The molecule has 0 spiro atoms. The molecule has 2 bridgehead atoms. The Morgan fingerprint density at radius 3 is 2.48 bits per heavy atom. The number of piperazine rings is 1. The largest absolute Gasteiger partial charge is 0.361 e. The van der Waals surface area contributed by atoms with Crippen molar-refractivity contribution in [2.24, 2.45) is 0 Å². The smallest absolute Gasteiger partial charge is 0.138 e. The molecule has 3 fully saturated rings. The van der Waals surface area contributed by atoms with Gasteiger partial charge in [0.15, 0.2) is 0 Å². The van der Waals surface area contributed by atoms with Gasteiger partial charge < -0.3 is 9.42 Å². The van der Waals surface area contributed by atoms with E-state index in [1.165, 1.54) is 12.0 Å². The van der Waals surface area contributed by atoms with E-state index in [1.54, 1.807) is 0 Å². The maximum absolute atomic E-state index is 5.30. The second-order valence-electron chi connectivity index (χ2n) is 6.84. The van der Waals surface area contributed by atoms with Crippen LogP contribution in [0, 0.1) is 27.7 Å². The fourth-order valence-corrected chi connectivity index (χ4v) is 3.90. The minimum absolute atomic E-state index is 0.595. The van der Waals surface area contributed by atoms with Crippen LogP contribution in [-0.4, -0.2) is 45.2 Å². The van der Waals surface area contributed by atoms with Gasteiger partial charge in [-0.15, -0.1) is 0 Å². The fraction of sp³-hybridized carbons (Fsp3) is 0.588. The summed E-state index contributed by atoms with van der Waals surface area (Å²) in [6, 6.07) is 3.28. The first-order chi connectivity index (χ1) is 11.0. The number of anilines is 1. The van der Waals surface area contributed by atoms with Crippen LogP contribution in [0.5, 0.6) is 0 Å². The summed E-state index contributed by atoms with van der Waals surface area (Å²) >= 11 is 0. The molecule has 23 heavy (non-hydrogen) atoms. The zero-order chi connectivity index (χ0) is 16.1. The van der Waals surface area contributed by atoms with Gasteiger partial charge in [0.05, 0.1) is 5.69 Å². The highest BCUT2D eigenvalue weighted by molar-refractivity contribution is 5.42. The van der Waals surface area contributed by atoms with Crippen molar-refractivity contribution in [2.45, 2.75) is 52.7 Å². The highest BCUT2D eigenvalue weighted by Gasteiger charge is 2.45. The van der Waals surface area contributed by atoms with Crippen molar-refractivity contribution in [2.75, 3.05) is 18.0 Å². The first-order valence-corrected chi connectivity index (χ1v) is 8.26. The van der Waals surface area contributed by atoms with Crippen LogP contribution in [0.15, 0.2) is 10.6 Å². The minimum Gasteiger partial charge on any atom is -0.361 e. The predicted molar refractivity (Wildman–Crippen MR) is 87.4 cm³/mol. The van der Waals surface area contributed by atoms with Gasteiger partial charge in [-0.3, -0.25) is 4.90 Å². The molecule has 0 aliphatic carbocycles. The Labute approximate surface area is 136 Å². The maximum Gasteiger partial charge on any atom is 0.138 e. The number of hydrogen-bond acceptors (Lipinski definition) is 6. The van der Waals surface area contributed by atoms with Crippen molar-refractivity contribution in [3.05, 3.63) is 34.6 Å². The van der Waals surface area contributed by atoms with Crippen LogP contribution in [0.3, 0.4) is 0 Å². The van der Waals surface area contributed by atoms with Gasteiger partial charge in [0.2, 0.25) is 0 Å².